The van der Waals surface area contributed by atoms with Gasteiger partial charge in [0.05, 0.1) is 6.61 Å². The molecule has 0 aliphatic rings. The first-order valence-electron chi connectivity index (χ1n) is 9.43. The van der Waals surface area contributed by atoms with Gasteiger partial charge in [0.2, 0.25) is 0 Å². The largest absolute Gasteiger partial charge is 0.490 e. The number of likely N-dealkylation sites (N-methyl/N-ethyl adjacent to an activating group) is 1. The summed E-state index contributed by atoms with van der Waals surface area (Å²) in [6.07, 6.45) is 1.47. The number of nitrogens with zero attached hydrogens (tertiary/aromatic N) is 2. The molecule has 0 saturated heterocycles. The standard InChI is InChI=1S/C23H25N3O4/c1-5-29-21-13-17(9-10-20(21)30-15-22(27)26(3)4)12-18(14-24)23(28)25-19-8-6-7-16(2)11-19/h6-13H,5,15H2,1-4H3,(H,25,28)/b18-12+. The SMILES string of the molecule is CCOc1cc(/C=C(\C#N)C(=O)Nc2cccc(C)c2)ccc1OCC(=O)N(C)C. The van der Waals surface area contributed by atoms with Crippen LogP contribution in [0, 0.1) is 18.3 Å². The van der Waals surface area contributed by atoms with Crippen molar-refractivity contribution in [1.29, 1.82) is 5.26 Å². The van der Waals surface area contributed by atoms with Gasteiger partial charge >= 0.3 is 0 Å². The zero-order chi connectivity index (χ0) is 22.1. The van der Waals surface area contributed by atoms with E-state index in [1.54, 1.807) is 38.4 Å². The van der Waals surface area contributed by atoms with Crippen molar-refractivity contribution in [3.8, 4) is 17.6 Å². The molecule has 30 heavy (non-hydrogen) atoms. The number of anilines is 1. The van der Waals surface area contributed by atoms with Crippen molar-refractivity contribution in [3.05, 3.63) is 59.2 Å². The highest BCUT2D eigenvalue weighted by Gasteiger charge is 2.13. The number of carbonyl (C=O) groups excluding carboxylic acids is 2. The number of carbonyl (C=O) groups is 2. The molecule has 2 amide bonds. The molecule has 2 aromatic rings. The van der Waals surface area contributed by atoms with Gasteiger partial charge in [-0.15, -0.1) is 0 Å². The van der Waals surface area contributed by atoms with Gasteiger partial charge in [-0.25, -0.2) is 0 Å². The van der Waals surface area contributed by atoms with E-state index in [0.29, 0.717) is 29.4 Å². The molecule has 0 unspecified atom stereocenters. The fourth-order valence-corrected chi connectivity index (χ4v) is 2.51. The van der Waals surface area contributed by atoms with E-state index in [1.807, 2.05) is 38.1 Å². The number of aryl methyl sites for hydroxylation is 1. The van der Waals surface area contributed by atoms with Crippen molar-refractivity contribution >= 4 is 23.6 Å². The fourth-order valence-electron chi connectivity index (χ4n) is 2.51. The Hall–Kier alpha value is -3.79. The van der Waals surface area contributed by atoms with Crippen molar-refractivity contribution in [2.24, 2.45) is 0 Å². The van der Waals surface area contributed by atoms with E-state index in [1.165, 1.54) is 11.0 Å². The van der Waals surface area contributed by atoms with Crippen LogP contribution in [0.2, 0.25) is 0 Å². The summed E-state index contributed by atoms with van der Waals surface area (Å²) in [5.74, 6) is 0.153. The van der Waals surface area contributed by atoms with E-state index in [0.717, 1.165) is 5.56 Å². The Bertz CT molecular complexity index is 990. The summed E-state index contributed by atoms with van der Waals surface area (Å²) >= 11 is 0. The van der Waals surface area contributed by atoms with Crippen LogP contribution in [0.4, 0.5) is 5.69 Å². The van der Waals surface area contributed by atoms with E-state index in [-0.39, 0.29) is 18.1 Å². The predicted molar refractivity (Wildman–Crippen MR) is 115 cm³/mol. The molecule has 0 saturated carbocycles. The summed E-state index contributed by atoms with van der Waals surface area (Å²) < 4.78 is 11.1. The van der Waals surface area contributed by atoms with Crippen LogP contribution >= 0.6 is 0 Å². The Morgan fingerprint density at radius 2 is 1.90 bits per heavy atom. The quantitative estimate of drug-likeness (QED) is 0.535. The third-order valence-corrected chi connectivity index (χ3v) is 4.07. The Labute approximate surface area is 176 Å². The van der Waals surface area contributed by atoms with Crippen LogP contribution in [0.1, 0.15) is 18.1 Å². The summed E-state index contributed by atoms with van der Waals surface area (Å²) in [5.41, 5.74) is 2.17. The fraction of sp³-hybridized carbons (Fsp3) is 0.261. The molecule has 1 N–H and O–H groups in total. The molecule has 2 rings (SSSR count). The van der Waals surface area contributed by atoms with E-state index < -0.39 is 5.91 Å². The van der Waals surface area contributed by atoms with E-state index >= 15 is 0 Å². The molecule has 0 spiro atoms. The van der Waals surface area contributed by atoms with Crippen LogP contribution in [-0.4, -0.2) is 44.0 Å². The highest BCUT2D eigenvalue weighted by Crippen LogP contribution is 2.29. The number of hydrogen-bond acceptors (Lipinski definition) is 5. The molecule has 0 aliphatic carbocycles. The Balaban J connectivity index is 2.22. The van der Waals surface area contributed by atoms with Crippen molar-refractivity contribution in [1.82, 2.24) is 4.90 Å². The van der Waals surface area contributed by atoms with Crippen molar-refractivity contribution in [2.75, 3.05) is 32.6 Å². The first-order chi connectivity index (χ1) is 14.3. The van der Waals surface area contributed by atoms with Crippen LogP contribution in [0.15, 0.2) is 48.0 Å². The van der Waals surface area contributed by atoms with E-state index in [4.69, 9.17) is 9.47 Å². The van der Waals surface area contributed by atoms with Crippen molar-refractivity contribution in [2.45, 2.75) is 13.8 Å². The summed E-state index contributed by atoms with van der Waals surface area (Å²) in [5, 5.41) is 12.2. The summed E-state index contributed by atoms with van der Waals surface area (Å²) in [6, 6.07) is 14.3. The third-order valence-electron chi connectivity index (χ3n) is 4.07. The Morgan fingerprint density at radius 1 is 1.13 bits per heavy atom. The zero-order valence-electron chi connectivity index (χ0n) is 17.6. The van der Waals surface area contributed by atoms with Gasteiger partial charge in [-0.2, -0.15) is 5.26 Å². The monoisotopic (exact) mass is 407 g/mol. The summed E-state index contributed by atoms with van der Waals surface area (Å²) in [6.45, 7) is 4.02. The van der Waals surface area contributed by atoms with E-state index in [9.17, 15) is 14.9 Å². The van der Waals surface area contributed by atoms with Gasteiger partial charge in [0.1, 0.15) is 11.6 Å². The first-order valence-corrected chi connectivity index (χ1v) is 9.43. The minimum Gasteiger partial charge on any atom is -0.490 e. The molecular weight excluding hydrogens is 382 g/mol. The second-order valence-corrected chi connectivity index (χ2v) is 6.71. The molecule has 0 radical (unpaired) electrons. The number of benzene rings is 2. The average Bonchev–Trinajstić information content (AvgIpc) is 2.71. The van der Waals surface area contributed by atoms with Crippen LogP contribution in [0.5, 0.6) is 11.5 Å². The van der Waals surface area contributed by atoms with Gasteiger partial charge in [0.15, 0.2) is 18.1 Å². The highest BCUT2D eigenvalue weighted by molar-refractivity contribution is 6.09. The van der Waals surface area contributed by atoms with Crippen LogP contribution in [-0.2, 0) is 9.59 Å². The van der Waals surface area contributed by atoms with Gasteiger partial charge in [-0.05, 0) is 55.3 Å². The Kier molecular flexibility index (Phi) is 8.00. The molecule has 2 aromatic carbocycles. The van der Waals surface area contributed by atoms with Gasteiger partial charge in [-0.3, -0.25) is 9.59 Å². The summed E-state index contributed by atoms with van der Waals surface area (Å²) in [7, 11) is 3.29. The molecule has 0 bridgehead atoms. The highest BCUT2D eigenvalue weighted by atomic mass is 16.5. The molecular formula is C23H25N3O4. The lowest BCUT2D eigenvalue weighted by atomic mass is 10.1. The number of hydrogen-bond donors (Lipinski definition) is 1. The molecule has 0 heterocycles. The second-order valence-electron chi connectivity index (χ2n) is 6.71. The maximum absolute atomic E-state index is 12.5. The van der Waals surface area contributed by atoms with Gasteiger partial charge in [-0.1, -0.05) is 18.2 Å². The number of ether oxygens (including phenoxy) is 2. The molecule has 7 nitrogen and oxygen atoms in total. The van der Waals surface area contributed by atoms with Gasteiger partial charge < -0.3 is 19.7 Å². The smallest absolute Gasteiger partial charge is 0.266 e. The number of amides is 2. The first kappa shape index (κ1) is 22.5. The lowest BCUT2D eigenvalue weighted by Gasteiger charge is -2.14. The molecule has 0 aromatic heterocycles. The molecule has 0 aliphatic heterocycles. The third kappa shape index (κ3) is 6.38. The maximum atomic E-state index is 12.5. The number of rotatable bonds is 8. The zero-order valence-corrected chi connectivity index (χ0v) is 17.6. The topological polar surface area (TPSA) is 91.7 Å². The molecule has 0 atom stereocenters. The molecule has 156 valence electrons. The van der Waals surface area contributed by atoms with Crippen LogP contribution < -0.4 is 14.8 Å². The van der Waals surface area contributed by atoms with Gasteiger partial charge in [0, 0.05) is 19.8 Å². The minimum absolute atomic E-state index is 0.0459. The lowest BCUT2D eigenvalue weighted by Crippen LogP contribution is -2.27. The van der Waals surface area contributed by atoms with Crippen molar-refractivity contribution in [3.63, 3.8) is 0 Å². The van der Waals surface area contributed by atoms with Crippen LogP contribution in [0.3, 0.4) is 0 Å². The van der Waals surface area contributed by atoms with Crippen LogP contribution in [0.25, 0.3) is 6.08 Å². The van der Waals surface area contributed by atoms with Gasteiger partial charge in [0.25, 0.3) is 11.8 Å². The maximum Gasteiger partial charge on any atom is 0.266 e. The summed E-state index contributed by atoms with van der Waals surface area (Å²) in [4.78, 5) is 25.7. The Morgan fingerprint density at radius 3 is 2.53 bits per heavy atom. The second kappa shape index (κ2) is 10.7. The number of nitriles is 1. The molecule has 7 heteroatoms. The number of nitrogens with one attached hydrogen (secondary N) is 1. The van der Waals surface area contributed by atoms with E-state index in [2.05, 4.69) is 5.32 Å². The normalized spacial score (nSPS) is 10.7. The lowest BCUT2D eigenvalue weighted by molar-refractivity contribution is -0.130. The minimum atomic E-state index is -0.502. The predicted octanol–water partition coefficient (Wildman–Crippen LogP) is 3.41. The molecule has 0 fully saturated rings. The average molecular weight is 407 g/mol. The van der Waals surface area contributed by atoms with Crippen molar-refractivity contribution < 1.29 is 19.1 Å².